The molecule has 0 bridgehead atoms. The number of aryl methyl sites for hydroxylation is 2. The van der Waals surface area contributed by atoms with Crippen molar-refractivity contribution in [2.24, 2.45) is 0 Å². The average Bonchev–Trinajstić information content (AvgIpc) is 3.08. The van der Waals surface area contributed by atoms with Crippen LogP contribution in [0.1, 0.15) is 28.7 Å². The van der Waals surface area contributed by atoms with E-state index in [-0.39, 0.29) is 17.2 Å². The molecule has 24 heavy (non-hydrogen) atoms. The number of likely N-dealkylation sites (N-methyl/N-ethyl adjacent to an activating group) is 1. The monoisotopic (exact) mass is 351 g/mol. The largest absolute Gasteiger partial charge is 0.387 e. The Bertz CT molecular complexity index is 841. The van der Waals surface area contributed by atoms with Crippen molar-refractivity contribution in [3.05, 3.63) is 40.8 Å². The first kappa shape index (κ1) is 16.9. The van der Waals surface area contributed by atoms with Crippen LogP contribution >= 0.6 is 0 Å². The smallest absolute Gasteiger partial charge is 0.246 e. The zero-order valence-corrected chi connectivity index (χ0v) is 14.7. The van der Waals surface area contributed by atoms with Crippen LogP contribution in [0.3, 0.4) is 0 Å². The Hall–Kier alpha value is -1.90. The third kappa shape index (κ3) is 3.04. The van der Waals surface area contributed by atoms with Crippen molar-refractivity contribution >= 4 is 15.7 Å². The standard InChI is InChI=1S/C16H21N3O4S/c1-10-16(11(2)23-18-10)24(21,22)17-9-15(20)13-4-5-14-12(8-13)6-7-19(14)3/h4-5,8,15,17,20H,6-7,9H2,1-3H3/t15-/m0/s1. The number of aliphatic hydroxyl groups is 1. The van der Waals surface area contributed by atoms with Crippen LogP contribution in [0.2, 0.25) is 0 Å². The number of hydrogen-bond donors (Lipinski definition) is 2. The van der Waals surface area contributed by atoms with Gasteiger partial charge in [-0.15, -0.1) is 0 Å². The fraction of sp³-hybridized carbons (Fsp3) is 0.438. The topological polar surface area (TPSA) is 95.7 Å². The molecule has 0 amide bonds. The van der Waals surface area contributed by atoms with Gasteiger partial charge in [-0.05, 0) is 37.5 Å². The summed E-state index contributed by atoms with van der Waals surface area (Å²) in [6.07, 6.45) is 0.00783. The lowest BCUT2D eigenvalue weighted by Gasteiger charge is -2.15. The number of sulfonamides is 1. The summed E-state index contributed by atoms with van der Waals surface area (Å²) in [5, 5.41) is 14.0. The Kier molecular flexibility index (Phi) is 4.37. The van der Waals surface area contributed by atoms with Crippen LogP contribution in [0, 0.1) is 13.8 Å². The Labute approximate surface area is 141 Å². The highest BCUT2D eigenvalue weighted by Crippen LogP contribution is 2.29. The molecular weight excluding hydrogens is 330 g/mol. The maximum absolute atomic E-state index is 12.4. The molecule has 2 heterocycles. The lowest BCUT2D eigenvalue weighted by Crippen LogP contribution is -2.29. The van der Waals surface area contributed by atoms with Gasteiger partial charge >= 0.3 is 0 Å². The van der Waals surface area contributed by atoms with Gasteiger partial charge in [-0.3, -0.25) is 0 Å². The highest BCUT2D eigenvalue weighted by Gasteiger charge is 2.25. The van der Waals surface area contributed by atoms with Crippen LogP contribution in [-0.2, 0) is 16.4 Å². The second kappa shape index (κ2) is 6.19. The number of rotatable bonds is 5. The molecule has 0 saturated carbocycles. The molecule has 8 heteroatoms. The van der Waals surface area contributed by atoms with Gasteiger partial charge in [0.05, 0.1) is 6.10 Å². The highest BCUT2D eigenvalue weighted by atomic mass is 32.2. The first-order valence-corrected chi connectivity index (χ1v) is 9.22. The number of nitrogens with one attached hydrogen (secondary N) is 1. The van der Waals surface area contributed by atoms with Crippen LogP contribution < -0.4 is 9.62 Å². The quantitative estimate of drug-likeness (QED) is 0.843. The molecule has 1 aromatic carbocycles. The number of fused-ring (bicyclic) bond motifs is 1. The second-order valence-electron chi connectivity index (χ2n) is 6.08. The molecule has 1 aliphatic heterocycles. The predicted molar refractivity (Wildman–Crippen MR) is 89.5 cm³/mol. The summed E-state index contributed by atoms with van der Waals surface area (Å²) in [7, 11) is -1.75. The minimum Gasteiger partial charge on any atom is -0.387 e. The summed E-state index contributed by atoms with van der Waals surface area (Å²) in [5.41, 5.74) is 3.32. The van der Waals surface area contributed by atoms with Gasteiger partial charge in [0.25, 0.3) is 0 Å². The second-order valence-corrected chi connectivity index (χ2v) is 7.78. The first-order chi connectivity index (χ1) is 11.3. The van der Waals surface area contributed by atoms with Crippen molar-refractivity contribution in [3.63, 3.8) is 0 Å². The van der Waals surface area contributed by atoms with Crippen LogP contribution in [0.4, 0.5) is 5.69 Å². The molecule has 130 valence electrons. The van der Waals surface area contributed by atoms with E-state index in [2.05, 4.69) is 14.8 Å². The number of nitrogens with zero attached hydrogens (tertiary/aromatic N) is 2. The minimum atomic E-state index is -3.78. The molecule has 0 fully saturated rings. The van der Waals surface area contributed by atoms with Crippen LogP contribution in [0.5, 0.6) is 0 Å². The Morgan fingerprint density at radius 1 is 1.42 bits per heavy atom. The maximum Gasteiger partial charge on any atom is 0.246 e. The molecule has 0 saturated heterocycles. The van der Waals surface area contributed by atoms with E-state index in [9.17, 15) is 13.5 Å². The zero-order valence-electron chi connectivity index (χ0n) is 13.9. The van der Waals surface area contributed by atoms with Gasteiger partial charge in [0.15, 0.2) is 5.76 Å². The molecule has 0 unspecified atom stereocenters. The molecule has 7 nitrogen and oxygen atoms in total. The molecule has 0 spiro atoms. The Morgan fingerprint density at radius 2 is 2.17 bits per heavy atom. The Morgan fingerprint density at radius 3 is 2.83 bits per heavy atom. The molecule has 0 aliphatic carbocycles. The van der Waals surface area contributed by atoms with Crippen molar-refractivity contribution in [1.29, 1.82) is 0 Å². The van der Waals surface area contributed by atoms with Crippen molar-refractivity contribution in [3.8, 4) is 0 Å². The van der Waals surface area contributed by atoms with Crippen molar-refractivity contribution in [2.75, 3.05) is 25.0 Å². The summed E-state index contributed by atoms with van der Waals surface area (Å²) in [5.74, 6) is 0.232. The molecule has 1 aromatic heterocycles. The molecule has 2 aromatic rings. The van der Waals surface area contributed by atoms with Gasteiger partial charge in [0.1, 0.15) is 10.6 Å². The van der Waals surface area contributed by atoms with E-state index >= 15 is 0 Å². The fourth-order valence-corrected chi connectivity index (χ4v) is 4.39. The maximum atomic E-state index is 12.4. The van der Waals surface area contributed by atoms with Gasteiger partial charge in [0, 0.05) is 25.8 Å². The Balaban J connectivity index is 1.73. The number of hydrogen-bond acceptors (Lipinski definition) is 6. The van der Waals surface area contributed by atoms with E-state index in [1.165, 1.54) is 5.56 Å². The summed E-state index contributed by atoms with van der Waals surface area (Å²) < 4.78 is 32.1. The predicted octanol–water partition coefficient (Wildman–Crippen LogP) is 1.30. The van der Waals surface area contributed by atoms with Crippen LogP contribution in [-0.4, -0.2) is 38.8 Å². The lowest BCUT2D eigenvalue weighted by atomic mass is 10.0. The third-order valence-corrected chi connectivity index (χ3v) is 5.99. The highest BCUT2D eigenvalue weighted by molar-refractivity contribution is 7.89. The van der Waals surface area contributed by atoms with Gasteiger partial charge in [0.2, 0.25) is 10.0 Å². The summed E-state index contributed by atoms with van der Waals surface area (Å²) in [6, 6.07) is 5.73. The minimum absolute atomic E-state index is 0.0327. The van der Waals surface area contributed by atoms with Gasteiger partial charge in [-0.25, -0.2) is 13.1 Å². The van der Waals surface area contributed by atoms with Gasteiger partial charge in [-0.2, -0.15) is 0 Å². The van der Waals surface area contributed by atoms with E-state index in [1.807, 2.05) is 25.2 Å². The number of aromatic nitrogens is 1. The average molecular weight is 351 g/mol. The van der Waals surface area contributed by atoms with E-state index in [0.29, 0.717) is 11.3 Å². The molecule has 0 radical (unpaired) electrons. The van der Waals surface area contributed by atoms with E-state index < -0.39 is 16.1 Å². The third-order valence-electron chi connectivity index (χ3n) is 4.32. The van der Waals surface area contributed by atoms with E-state index in [1.54, 1.807) is 13.8 Å². The first-order valence-electron chi connectivity index (χ1n) is 7.74. The number of aliphatic hydroxyl groups excluding tert-OH is 1. The van der Waals surface area contributed by atoms with Gasteiger partial charge < -0.3 is 14.5 Å². The zero-order chi connectivity index (χ0) is 17.5. The summed E-state index contributed by atoms with van der Waals surface area (Å²) in [4.78, 5) is 2.19. The molecule has 3 rings (SSSR count). The van der Waals surface area contributed by atoms with Crippen LogP contribution in [0.25, 0.3) is 0 Å². The van der Waals surface area contributed by atoms with Gasteiger partial charge in [-0.1, -0.05) is 17.3 Å². The summed E-state index contributed by atoms with van der Waals surface area (Å²) >= 11 is 0. The number of anilines is 1. The molecule has 1 aliphatic rings. The molecule has 2 N–H and O–H groups in total. The van der Waals surface area contributed by atoms with Crippen LogP contribution in [0.15, 0.2) is 27.6 Å². The van der Waals surface area contributed by atoms with E-state index in [4.69, 9.17) is 4.52 Å². The summed E-state index contributed by atoms with van der Waals surface area (Å²) in [6.45, 7) is 3.95. The van der Waals surface area contributed by atoms with Crippen molar-refractivity contribution < 1.29 is 18.0 Å². The van der Waals surface area contributed by atoms with Crippen molar-refractivity contribution in [1.82, 2.24) is 9.88 Å². The normalized spacial score (nSPS) is 15.6. The molecular formula is C16H21N3O4S. The number of benzene rings is 1. The molecule has 1 atom stereocenters. The SMILES string of the molecule is Cc1noc(C)c1S(=O)(=O)NC[C@H](O)c1ccc2c(c1)CCN2C. The fourth-order valence-electron chi connectivity index (χ4n) is 3.03. The van der Waals surface area contributed by atoms with Crippen molar-refractivity contribution in [2.45, 2.75) is 31.3 Å². The van der Waals surface area contributed by atoms with E-state index in [0.717, 1.165) is 18.7 Å². The lowest BCUT2D eigenvalue weighted by molar-refractivity contribution is 0.182.